The number of fused-ring (bicyclic) bond motifs is 2. The topological polar surface area (TPSA) is 73.9 Å². The highest BCUT2D eigenvalue weighted by Gasteiger charge is 2.36. The Bertz CT molecular complexity index is 629. The molecule has 0 radical (unpaired) electrons. The second-order valence-electron chi connectivity index (χ2n) is 8.23. The minimum atomic E-state index is -0.508. The summed E-state index contributed by atoms with van der Waals surface area (Å²) >= 11 is 0. The van der Waals surface area contributed by atoms with Crippen molar-refractivity contribution in [3.05, 3.63) is 36.1 Å². The number of nitrogens with one attached hydrogen (secondary N) is 1. The number of hydrogen-bond donors (Lipinski definition) is 1. The molecule has 2 bridgehead atoms. The van der Waals surface area contributed by atoms with Crippen LogP contribution in [0.4, 0.5) is 4.79 Å². The average molecular weight is 392 g/mol. The molecule has 156 valence electrons. The molecule has 3 unspecified atom stereocenters. The van der Waals surface area contributed by atoms with E-state index in [-0.39, 0.29) is 24.7 Å². The van der Waals surface area contributed by atoms with Crippen molar-refractivity contribution in [1.29, 1.82) is 0 Å². The van der Waals surface area contributed by atoms with Gasteiger partial charge in [-0.1, -0.05) is 18.2 Å². The third kappa shape index (κ3) is 7.41. The number of alkyl carbamates (subject to hydrolysis) is 1. The Kier molecular flexibility index (Phi) is 8.15. The van der Waals surface area contributed by atoms with Crippen molar-refractivity contribution in [1.82, 2.24) is 5.32 Å². The van der Waals surface area contributed by atoms with Crippen molar-refractivity contribution < 1.29 is 23.8 Å². The zero-order valence-corrected chi connectivity index (χ0v) is 17.4. The second-order valence-corrected chi connectivity index (χ2v) is 8.23. The van der Waals surface area contributed by atoms with Crippen molar-refractivity contribution in [3.63, 3.8) is 0 Å². The van der Waals surface area contributed by atoms with Gasteiger partial charge in [0.25, 0.3) is 0 Å². The minimum absolute atomic E-state index is 0.0890. The van der Waals surface area contributed by atoms with E-state index in [0.29, 0.717) is 24.2 Å². The molecule has 0 heterocycles. The third-order valence-electron chi connectivity index (χ3n) is 4.83. The van der Waals surface area contributed by atoms with Gasteiger partial charge in [-0.2, -0.15) is 0 Å². The highest BCUT2D eigenvalue weighted by Crippen LogP contribution is 2.36. The Morgan fingerprint density at radius 1 is 1.14 bits per heavy atom. The molecule has 28 heavy (non-hydrogen) atoms. The fourth-order valence-electron chi connectivity index (χ4n) is 3.65. The summed E-state index contributed by atoms with van der Waals surface area (Å²) in [4.78, 5) is 23.8. The van der Waals surface area contributed by atoms with E-state index in [1.165, 1.54) is 0 Å². The van der Waals surface area contributed by atoms with Gasteiger partial charge >= 0.3 is 12.1 Å². The first kappa shape index (κ1) is 22.1. The van der Waals surface area contributed by atoms with E-state index in [1.807, 2.05) is 45.1 Å². The maximum atomic E-state index is 12.3. The molecule has 0 aromatic heterocycles. The summed E-state index contributed by atoms with van der Waals surface area (Å²) in [5, 5.41) is 3.10. The number of carbonyl (C=O) groups excluding carboxylic acids is 2. The Morgan fingerprint density at radius 3 is 2.46 bits per heavy atom. The van der Waals surface area contributed by atoms with Gasteiger partial charge in [-0.15, -0.1) is 0 Å². The van der Waals surface area contributed by atoms with Gasteiger partial charge in [0.05, 0.1) is 6.61 Å². The maximum Gasteiger partial charge on any atom is 0.407 e. The van der Waals surface area contributed by atoms with Crippen LogP contribution >= 0.6 is 0 Å². The van der Waals surface area contributed by atoms with Crippen LogP contribution in [0.5, 0.6) is 0 Å². The predicted octanol–water partition coefficient (Wildman–Crippen LogP) is 4.28. The normalized spacial score (nSPS) is 24.7. The highest BCUT2D eigenvalue weighted by atomic mass is 16.6. The van der Waals surface area contributed by atoms with Gasteiger partial charge in [-0.3, -0.25) is 0 Å². The van der Waals surface area contributed by atoms with Crippen LogP contribution in [0.2, 0.25) is 0 Å². The van der Waals surface area contributed by atoms with E-state index in [9.17, 15) is 9.59 Å². The lowest BCUT2D eigenvalue weighted by Crippen LogP contribution is -2.44. The summed E-state index contributed by atoms with van der Waals surface area (Å²) in [5.74, 6) is 0.985. The van der Waals surface area contributed by atoms with Crippen molar-refractivity contribution in [3.8, 4) is 0 Å². The van der Waals surface area contributed by atoms with Crippen LogP contribution in [-0.4, -0.2) is 36.9 Å². The molecule has 3 atom stereocenters. The van der Waals surface area contributed by atoms with Crippen molar-refractivity contribution in [2.45, 2.75) is 65.0 Å². The molecule has 2 aliphatic rings. The SMILES string of the molecule is CCOC(=O)COC1=CC=CCC2CCC(CC=C1)C2NC(=O)OC(C)(C)C. The van der Waals surface area contributed by atoms with Gasteiger partial charge in [-0.05, 0) is 77.4 Å². The minimum Gasteiger partial charge on any atom is -0.482 e. The molecule has 2 rings (SSSR count). The quantitative estimate of drug-likeness (QED) is 0.708. The highest BCUT2D eigenvalue weighted by molar-refractivity contribution is 5.70. The fraction of sp³-hybridized carbons (Fsp3) is 0.636. The third-order valence-corrected chi connectivity index (χ3v) is 4.83. The van der Waals surface area contributed by atoms with Gasteiger partial charge in [0.15, 0.2) is 6.61 Å². The molecule has 1 amide bonds. The van der Waals surface area contributed by atoms with Gasteiger partial charge in [0.2, 0.25) is 0 Å². The van der Waals surface area contributed by atoms with Crippen molar-refractivity contribution in [2.75, 3.05) is 13.2 Å². The van der Waals surface area contributed by atoms with Crippen LogP contribution in [0.1, 0.15) is 53.4 Å². The number of rotatable bonds is 5. The molecule has 1 N–H and O–H groups in total. The van der Waals surface area contributed by atoms with E-state index in [4.69, 9.17) is 14.2 Å². The summed E-state index contributed by atoms with van der Waals surface area (Å²) in [6.07, 6.45) is 13.3. The molecule has 0 aromatic rings. The lowest BCUT2D eigenvalue weighted by atomic mass is 9.93. The van der Waals surface area contributed by atoms with Gasteiger partial charge < -0.3 is 19.5 Å². The van der Waals surface area contributed by atoms with Gasteiger partial charge in [-0.25, -0.2) is 9.59 Å². The largest absolute Gasteiger partial charge is 0.482 e. The summed E-state index contributed by atoms with van der Waals surface area (Å²) in [6, 6.07) is 0.0890. The van der Waals surface area contributed by atoms with E-state index in [2.05, 4.69) is 11.4 Å². The van der Waals surface area contributed by atoms with Gasteiger partial charge in [0.1, 0.15) is 11.4 Å². The van der Waals surface area contributed by atoms with E-state index >= 15 is 0 Å². The smallest absolute Gasteiger partial charge is 0.407 e. The molecule has 2 aliphatic carbocycles. The number of esters is 1. The fourth-order valence-corrected chi connectivity index (χ4v) is 3.65. The summed E-state index contributed by atoms with van der Waals surface area (Å²) in [5.41, 5.74) is -0.508. The molecule has 0 aliphatic heterocycles. The first-order valence-corrected chi connectivity index (χ1v) is 10.1. The summed E-state index contributed by atoms with van der Waals surface area (Å²) in [7, 11) is 0. The molecule has 6 nitrogen and oxygen atoms in total. The average Bonchev–Trinajstić information content (AvgIpc) is 2.93. The maximum absolute atomic E-state index is 12.3. The van der Waals surface area contributed by atoms with E-state index in [0.717, 1.165) is 25.7 Å². The van der Waals surface area contributed by atoms with Crippen molar-refractivity contribution >= 4 is 12.1 Å². The van der Waals surface area contributed by atoms with Crippen LogP contribution in [-0.2, 0) is 19.0 Å². The Morgan fingerprint density at radius 2 is 1.82 bits per heavy atom. The molecular formula is C22H33NO5. The lowest BCUT2D eigenvalue weighted by molar-refractivity contribution is -0.146. The molecular weight excluding hydrogens is 358 g/mol. The zero-order chi connectivity index (χ0) is 20.6. The molecule has 1 saturated carbocycles. The van der Waals surface area contributed by atoms with Crippen LogP contribution in [0.25, 0.3) is 0 Å². The van der Waals surface area contributed by atoms with Crippen molar-refractivity contribution in [2.24, 2.45) is 11.8 Å². The molecule has 0 aromatic carbocycles. The Balaban J connectivity index is 2.00. The van der Waals surface area contributed by atoms with Gasteiger partial charge in [0, 0.05) is 6.04 Å². The van der Waals surface area contributed by atoms with Crippen LogP contribution < -0.4 is 5.32 Å². The molecule has 0 spiro atoms. The first-order chi connectivity index (χ1) is 13.3. The molecule has 6 heteroatoms. The number of hydrogen-bond acceptors (Lipinski definition) is 5. The van der Waals surface area contributed by atoms with Crippen LogP contribution in [0.3, 0.4) is 0 Å². The standard InChI is InChI=1S/C22H33NO5/c1-5-26-19(24)15-27-18-11-7-6-9-16-13-14-17(10-8-12-18)20(16)23-21(25)28-22(2,3)4/h6-8,11-12,16-17,20H,5,9-10,13-15H2,1-4H3,(H,23,25). The summed E-state index contributed by atoms with van der Waals surface area (Å²) < 4.78 is 15.9. The second kappa shape index (κ2) is 10.3. The van der Waals surface area contributed by atoms with E-state index in [1.54, 1.807) is 6.92 Å². The molecule has 1 fully saturated rings. The Labute approximate surface area is 168 Å². The molecule has 0 saturated heterocycles. The number of allylic oxidation sites excluding steroid dienone is 5. The Hall–Kier alpha value is -2.24. The lowest BCUT2D eigenvalue weighted by Gasteiger charge is -2.27. The monoisotopic (exact) mass is 391 g/mol. The summed E-state index contributed by atoms with van der Waals surface area (Å²) in [6.45, 7) is 7.61. The number of ether oxygens (including phenoxy) is 3. The first-order valence-electron chi connectivity index (χ1n) is 10.1. The number of amides is 1. The number of carbonyl (C=O) groups is 2. The van der Waals surface area contributed by atoms with E-state index < -0.39 is 5.60 Å². The predicted molar refractivity (Wildman–Crippen MR) is 108 cm³/mol. The van der Waals surface area contributed by atoms with Crippen LogP contribution in [0, 0.1) is 11.8 Å². The van der Waals surface area contributed by atoms with Crippen LogP contribution in [0.15, 0.2) is 36.1 Å². The zero-order valence-electron chi connectivity index (χ0n) is 17.4.